The number of carbonyl (C=O) groups is 3. The Hall–Kier alpha value is -3.96. The second-order valence-electron chi connectivity index (χ2n) is 6.16. The van der Waals surface area contributed by atoms with E-state index in [0.29, 0.717) is 13.7 Å². The van der Waals surface area contributed by atoms with Crippen LogP contribution in [0.4, 0.5) is 0 Å². The minimum absolute atomic E-state index is 0.00229. The van der Waals surface area contributed by atoms with Crippen LogP contribution in [0, 0.1) is 0 Å². The van der Waals surface area contributed by atoms with Crippen molar-refractivity contribution in [2.75, 3.05) is 0 Å². The van der Waals surface area contributed by atoms with Gasteiger partial charge >= 0.3 is 35.0 Å². The molecule has 162 valence electrons. The molecule has 0 aliphatic rings. The Balaban J connectivity index is 3.45. The monoisotopic (exact) mass is 423 g/mol. The lowest BCUT2D eigenvalue weighted by Gasteiger charge is -2.14. The van der Waals surface area contributed by atoms with E-state index >= 15 is 0 Å². The van der Waals surface area contributed by atoms with Gasteiger partial charge in [0, 0.05) is 16.7 Å². The highest BCUT2D eigenvalue weighted by Gasteiger charge is 2.19. The lowest BCUT2D eigenvalue weighted by atomic mass is 10.4. The third kappa shape index (κ3) is 5.77. The molecule has 1 heterocycles. The molecule has 1 rings (SSSR count). The molecular weight excluding hydrogens is 402 g/mol. The number of aromatic nitrogens is 3. The van der Waals surface area contributed by atoms with Crippen molar-refractivity contribution in [3.8, 4) is 0 Å². The molecule has 0 aromatic carbocycles. The van der Waals surface area contributed by atoms with Crippen LogP contribution in [0.25, 0.3) is 0 Å². The fourth-order valence-corrected chi connectivity index (χ4v) is 1.75. The predicted octanol–water partition coefficient (Wildman–Crippen LogP) is -0.598. The number of esters is 3. The highest BCUT2D eigenvalue weighted by atomic mass is 16.6. The van der Waals surface area contributed by atoms with Crippen molar-refractivity contribution < 1.29 is 28.6 Å². The first-order valence-electron chi connectivity index (χ1n) is 8.30. The SMILES string of the molecule is C=C(C)C(=O)OCn1c(=O)n(COC(=O)C(=C)C)c(=O)n(COC(=O)C(=C)C)c1=O. The Morgan fingerprint density at radius 3 is 0.967 bits per heavy atom. The summed E-state index contributed by atoms with van der Waals surface area (Å²) in [5.41, 5.74) is -3.67. The second kappa shape index (κ2) is 10.0. The molecule has 0 saturated heterocycles. The molecule has 0 saturated carbocycles. The normalized spacial score (nSPS) is 10.1. The van der Waals surface area contributed by atoms with E-state index in [4.69, 9.17) is 14.2 Å². The van der Waals surface area contributed by atoms with E-state index < -0.39 is 55.2 Å². The molecule has 0 N–H and O–H groups in total. The summed E-state index contributed by atoms with van der Waals surface area (Å²) in [5.74, 6) is -2.69. The van der Waals surface area contributed by atoms with Crippen LogP contribution in [0.15, 0.2) is 50.8 Å². The summed E-state index contributed by atoms with van der Waals surface area (Å²) in [5, 5.41) is 0. The van der Waals surface area contributed by atoms with E-state index in [1.165, 1.54) is 20.8 Å². The number of hydrogen-bond acceptors (Lipinski definition) is 9. The van der Waals surface area contributed by atoms with Crippen molar-refractivity contribution in [1.29, 1.82) is 0 Å². The molecule has 1 aromatic rings. The Bertz CT molecular complexity index is 933. The first-order chi connectivity index (χ1) is 13.9. The fourth-order valence-electron chi connectivity index (χ4n) is 1.75. The number of hydrogen-bond donors (Lipinski definition) is 0. The Morgan fingerprint density at radius 1 is 0.600 bits per heavy atom. The second-order valence-corrected chi connectivity index (χ2v) is 6.16. The predicted molar refractivity (Wildman–Crippen MR) is 102 cm³/mol. The van der Waals surface area contributed by atoms with Gasteiger partial charge in [0.15, 0.2) is 20.2 Å². The Labute approximate surface area is 169 Å². The maximum atomic E-state index is 12.5. The standard InChI is InChI=1S/C18H21N3O9/c1-10(2)13(22)28-7-19-16(25)20(8-29-14(23)11(3)4)18(27)21(17(19)26)9-30-15(24)12(5)6/h1,3,5,7-9H2,2,4,6H3. The van der Waals surface area contributed by atoms with Gasteiger partial charge in [-0.2, -0.15) is 0 Å². The van der Waals surface area contributed by atoms with Gasteiger partial charge in [-0.1, -0.05) is 19.7 Å². The molecular formula is C18H21N3O9. The van der Waals surface area contributed by atoms with Crippen molar-refractivity contribution in [1.82, 2.24) is 13.7 Å². The van der Waals surface area contributed by atoms with Crippen molar-refractivity contribution in [3.63, 3.8) is 0 Å². The average molecular weight is 423 g/mol. The zero-order chi connectivity index (χ0) is 23.2. The van der Waals surface area contributed by atoms with E-state index in [1.807, 2.05) is 0 Å². The van der Waals surface area contributed by atoms with Crippen LogP contribution in [0.1, 0.15) is 20.8 Å². The van der Waals surface area contributed by atoms with Crippen LogP contribution < -0.4 is 17.1 Å². The zero-order valence-corrected chi connectivity index (χ0v) is 16.8. The molecule has 0 aliphatic heterocycles. The molecule has 0 aliphatic carbocycles. The summed E-state index contributed by atoms with van der Waals surface area (Å²) in [7, 11) is 0. The summed E-state index contributed by atoms with van der Waals surface area (Å²) in [6.07, 6.45) is 0. The van der Waals surface area contributed by atoms with E-state index in [9.17, 15) is 28.8 Å². The van der Waals surface area contributed by atoms with Crippen LogP contribution in [0.3, 0.4) is 0 Å². The molecule has 0 unspecified atom stereocenters. The molecule has 0 fully saturated rings. The Morgan fingerprint density at radius 2 is 0.800 bits per heavy atom. The number of rotatable bonds is 9. The third-order valence-corrected chi connectivity index (χ3v) is 3.41. The molecule has 0 amide bonds. The van der Waals surface area contributed by atoms with Crippen molar-refractivity contribution >= 4 is 17.9 Å². The van der Waals surface area contributed by atoms with Gasteiger partial charge in [0.1, 0.15) is 0 Å². The van der Waals surface area contributed by atoms with E-state index in [0.717, 1.165) is 0 Å². The van der Waals surface area contributed by atoms with Gasteiger partial charge in [0.25, 0.3) is 0 Å². The number of ether oxygens (including phenoxy) is 3. The average Bonchev–Trinajstić information content (AvgIpc) is 2.66. The van der Waals surface area contributed by atoms with Crippen molar-refractivity contribution in [3.05, 3.63) is 67.9 Å². The van der Waals surface area contributed by atoms with Gasteiger partial charge in [0.2, 0.25) is 0 Å². The first-order valence-corrected chi connectivity index (χ1v) is 8.30. The highest BCUT2D eigenvalue weighted by Crippen LogP contribution is 1.95. The highest BCUT2D eigenvalue weighted by molar-refractivity contribution is 5.87. The summed E-state index contributed by atoms with van der Waals surface area (Å²) < 4.78 is 15.5. The van der Waals surface area contributed by atoms with Gasteiger partial charge in [-0.05, 0) is 20.8 Å². The summed E-state index contributed by atoms with van der Waals surface area (Å²) >= 11 is 0. The lowest BCUT2D eigenvalue weighted by molar-refractivity contribution is -0.143. The summed E-state index contributed by atoms with van der Waals surface area (Å²) in [6.45, 7) is 11.5. The van der Waals surface area contributed by atoms with Crippen molar-refractivity contribution in [2.45, 2.75) is 41.0 Å². The van der Waals surface area contributed by atoms with Crippen LogP contribution in [0.5, 0.6) is 0 Å². The molecule has 30 heavy (non-hydrogen) atoms. The van der Waals surface area contributed by atoms with E-state index in [-0.39, 0.29) is 16.7 Å². The first kappa shape index (κ1) is 24.1. The van der Waals surface area contributed by atoms with Gasteiger partial charge in [-0.25, -0.2) is 42.5 Å². The molecule has 12 nitrogen and oxygen atoms in total. The largest absolute Gasteiger partial charge is 0.440 e. The smallest absolute Gasteiger partial charge is 0.341 e. The van der Waals surface area contributed by atoms with Gasteiger partial charge < -0.3 is 14.2 Å². The van der Waals surface area contributed by atoms with Crippen LogP contribution in [-0.2, 0) is 48.8 Å². The van der Waals surface area contributed by atoms with Crippen LogP contribution in [-0.4, -0.2) is 31.6 Å². The van der Waals surface area contributed by atoms with Crippen molar-refractivity contribution in [2.24, 2.45) is 0 Å². The molecule has 1 aromatic heterocycles. The number of carbonyl (C=O) groups excluding carboxylic acids is 3. The topological polar surface area (TPSA) is 145 Å². The summed E-state index contributed by atoms with van der Waals surface area (Å²) in [4.78, 5) is 72.4. The zero-order valence-electron chi connectivity index (χ0n) is 16.8. The molecule has 0 bridgehead atoms. The minimum Gasteiger partial charge on any atom is -0.440 e. The maximum Gasteiger partial charge on any atom is 0.341 e. The molecule has 12 heteroatoms. The minimum atomic E-state index is -1.23. The van der Waals surface area contributed by atoms with Gasteiger partial charge in [-0.3, -0.25) is 0 Å². The lowest BCUT2D eigenvalue weighted by Crippen LogP contribution is -2.55. The van der Waals surface area contributed by atoms with Crippen LogP contribution >= 0.6 is 0 Å². The third-order valence-electron chi connectivity index (χ3n) is 3.41. The van der Waals surface area contributed by atoms with Gasteiger partial charge in [0.05, 0.1) is 0 Å². The molecule has 0 spiro atoms. The van der Waals surface area contributed by atoms with E-state index in [2.05, 4.69) is 19.7 Å². The number of nitrogens with zero attached hydrogens (tertiary/aromatic N) is 3. The fraction of sp³-hybridized carbons (Fsp3) is 0.333. The molecule has 0 radical (unpaired) electrons. The summed E-state index contributed by atoms with van der Waals surface area (Å²) in [6, 6.07) is 0. The van der Waals surface area contributed by atoms with Gasteiger partial charge in [-0.15, -0.1) is 0 Å². The molecule has 0 atom stereocenters. The maximum absolute atomic E-state index is 12.5. The Kier molecular flexibility index (Phi) is 8.03. The van der Waals surface area contributed by atoms with E-state index in [1.54, 1.807) is 0 Å². The van der Waals surface area contributed by atoms with Crippen LogP contribution in [0.2, 0.25) is 0 Å². The quantitative estimate of drug-likeness (QED) is 0.289.